The van der Waals surface area contributed by atoms with E-state index in [1.54, 1.807) is 12.1 Å². The zero-order valence-electron chi connectivity index (χ0n) is 14.9. The molecule has 3 heterocycles. The van der Waals surface area contributed by atoms with Gasteiger partial charge in [-0.25, -0.2) is 14.4 Å². The van der Waals surface area contributed by atoms with Crippen LogP contribution in [0.2, 0.25) is 0 Å². The van der Waals surface area contributed by atoms with E-state index in [-0.39, 0.29) is 16.8 Å². The first-order valence-corrected chi connectivity index (χ1v) is 8.86. The van der Waals surface area contributed by atoms with Crippen LogP contribution in [0.15, 0.2) is 42.7 Å². The minimum absolute atomic E-state index is 0.111. The standard InChI is InChI=1S/C20H18FN3O4/c21-16-9-23-20(28-11-12-5-7-27-10-12)14-4-3-13(8-15(14)16)24-19(26)18-17(25)2-1-6-22-18/h1-4,6,8-9,12,25H,5,7,10-11H2,(H,24,26). The molecule has 3 aromatic rings. The maximum atomic E-state index is 14.3. The van der Waals surface area contributed by atoms with Gasteiger partial charge in [-0.1, -0.05) is 0 Å². The molecule has 28 heavy (non-hydrogen) atoms. The molecule has 0 radical (unpaired) electrons. The van der Waals surface area contributed by atoms with E-state index in [1.165, 1.54) is 24.4 Å². The van der Waals surface area contributed by atoms with Crippen LogP contribution in [0.25, 0.3) is 10.8 Å². The lowest BCUT2D eigenvalue weighted by Crippen LogP contribution is -2.14. The summed E-state index contributed by atoms with van der Waals surface area (Å²) < 4.78 is 25.4. The van der Waals surface area contributed by atoms with E-state index in [2.05, 4.69) is 15.3 Å². The Morgan fingerprint density at radius 1 is 1.32 bits per heavy atom. The minimum Gasteiger partial charge on any atom is -0.505 e. The van der Waals surface area contributed by atoms with Crippen LogP contribution in [0, 0.1) is 11.7 Å². The van der Waals surface area contributed by atoms with Crippen LogP contribution in [0.3, 0.4) is 0 Å². The number of anilines is 1. The third-order valence-electron chi connectivity index (χ3n) is 4.54. The van der Waals surface area contributed by atoms with Gasteiger partial charge in [0, 0.05) is 35.2 Å². The minimum atomic E-state index is -0.593. The van der Waals surface area contributed by atoms with Crippen LogP contribution in [0.1, 0.15) is 16.9 Å². The molecule has 2 aromatic heterocycles. The Labute approximate surface area is 160 Å². The molecule has 1 amide bonds. The predicted molar refractivity (Wildman–Crippen MR) is 100.0 cm³/mol. The maximum Gasteiger partial charge on any atom is 0.278 e. The highest BCUT2D eigenvalue weighted by Crippen LogP contribution is 2.29. The van der Waals surface area contributed by atoms with Crippen molar-refractivity contribution in [3.05, 3.63) is 54.2 Å². The quantitative estimate of drug-likeness (QED) is 0.703. The molecular weight excluding hydrogens is 365 g/mol. The van der Waals surface area contributed by atoms with Crippen molar-refractivity contribution in [2.75, 3.05) is 25.1 Å². The fourth-order valence-electron chi connectivity index (χ4n) is 3.05. The molecule has 8 heteroatoms. The van der Waals surface area contributed by atoms with Crippen molar-refractivity contribution in [1.29, 1.82) is 0 Å². The lowest BCUT2D eigenvalue weighted by molar-refractivity contribution is 0.101. The Bertz CT molecular complexity index is 1020. The summed E-state index contributed by atoms with van der Waals surface area (Å²) in [6.45, 7) is 1.82. The number of nitrogens with one attached hydrogen (secondary N) is 1. The number of fused-ring (bicyclic) bond motifs is 1. The van der Waals surface area contributed by atoms with Crippen molar-refractivity contribution in [3.8, 4) is 11.6 Å². The van der Waals surface area contributed by atoms with Gasteiger partial charge in [0.15, 0.2) is 5.69 Å². The molecule has 1 saturated heterocycles. The van der Waals surface area contributed by atoms with Crippen molar-refractivity contribution < 1.29 is 23.8 Å². The van der Waals surface area contributed by atoms with E-state index in [1.807, 2.05) is 0 Å². The molecule has 0 bridgehead atoms. The normalized spacial score (nSPS) is 16.2. The summed E-state index contributed by atoms with van der Waals surface area (Å²) in [7, 11) is 0. The van der Waals surface area contributed by atoms with Crippen LogP contribution in [-0.4, -0.2) is 40.8 Å². The monoisotopic (exact) mass is 383 g/mol. The molecular formula is C20H18FN3O4. The molecule has 1 aliphatic heterocycles. The van der Waals surface area contributed by atoms with Gasteiger partial charge in [0.05, 0.1) is 19.4 Å². The first kappa shape index (κ1) is 18.1. The number of nitrogens with zero attached hydrogens (tertiary/aromatic N) is 2. The highest BCUT2D eigenvalue weighted by Gasteiger charge is 2.18. The number of ether oxygens (including phenoxy) is 2. The second-order valence-corrected chi connectivity index (χ2v) is 6.54. The van der Waals surface area contributed by atoms with Gasteiger partial charge in [-0.2, -0.15) is 0 Å². The number of carbonyl (C=O) groups is 1. The smallest absolute Gasteiger partial charge is 0.278 e. The molecule has 0 aliphatic carbocycles. The summed E-state index contributed by atoms with van der Waals surface area (Å²) >= 11 is 0. The third-order valence-corrected chi connectivity index (χ3v) is 4.54. The SMILES string of the molecule is O=C(Nc1ccc2c(OCC3CCOC3)ncc(F)c2c1)c1ncccc1O. The Hall–Kier alpha value is -3.26. The number of aromatic nitrogens is 2. The van der Waals surface area contributed by atoms with E-state index in [4.69, 9.17) is 9.47 Å². The van der Waals surface area contributed by atoms with Gasteiger partial charge < -0.3 is 19.9 Å². The summed E-state index contributed by atoms with van der Waals surface area (Å²) in [6.07, 6.45) is 3.42. The van der Waals surface area contributed by atoms with Crippen molar-refractivity contribution in [3.63, 3.8) is 0 Å². The molecule has 1 atom stereocenters. The molecule has 0 saturated carbocycles. The van der Waals surface area contributed by atoms with Crippen molar-refractivity contribution in [1.82, 2.24) is 9.97 Å². The molecule has 144 valence electrons. The summed E-state index contributed by atoms with van der Waals surface area (Å²) in [5.74, 6) is -0.717. The number of rotatable bonds is 5. The van der Waals surface area contributed by atoms with Gasteiger partial charge in [-0.15, -0.1) is 0 Å². The number of pyridine rings is 2. The molecule has 1 unspecified atom stereocenters. The topological polar surface area (TPSA) is 93.6 Å². The second-order valence-electron chi connectivity index (χ2n) is 6.54. The van der Waals surface area contributed by atoms with Crippen molar-refractivity contribution in [2.24, 2.45) is 5.92 Å². The van der Waals surface area contributed by atoms with Gasteiger partial charge in [0.25, 0.3) is 5.91 Å². The van der Waals surface area contributed by atoms with Crippen molar-refractivity contribution >= 4 is 22.4 Å². The molecule has 1 aliphatic rings. The molecule has 0 spiro atoms. The molecule has 4 rings (SSSR count). The first-order chi connectivity index (χ1) is 13.6. The van der Waals surface area contributed by atoms with Gasteiger partial charge in [-0.05, 0) is 36.8 Å². The van der Waals surface area contributed by atoms with E-state index in [9.17, 15) is 14.3 Å². The zero-order chi connectivity index (χ0) is 19.5. The fourth-order valence-corrected chi connectivity index (χ4v) is 3.05. The molecule has 1 aromatic carbocycles. The number of carbonyl (C=O) groups excluding carboxylic acids is 1. The average molecular weight is 383 g/mol. The Morgan fingerprint density at radius 2 is 2.21 bits per heavy atom. The second kappa shape index (κ2) is 7.77. The number of amides is 1. The summed E-state index contributed by atoms with van der Waals surface area (Å²) in [5.41, 5.74) is 0.253. The zero-order valence-corrected chi connectivity index (χ0v) is 14.9. The number of aromatic hydroxyl groups is 1. The lowest BCUT2D eigenvalue weighted by atomic mass is 10.1. The summed E-state index contributed by atoms with van der Waals surface area (Å²) in [4.78, 5) is 20.2. The number of benzene rings is 1. The van der Waals surface area contributed by atoms with Gasteiger partial charge in [-0.3, -0.25) is 4.79 Å². The molecule has 7 nitrogen and oxygen atoms in total. The van der Waals surface area contributed by atoms with Crippen LogP contribution >= 0.6 is 0 Å². The van der Waals surface area contributed by atoms with Gasteiger partial charge >= 0.3 is 0 Å². The highest BCUT2D eigenvalue weighted by atomic mass is 19.1. The Balaban J connectivity index is 1.57. The van der Waals surface area contributed by atoms with E-state index >= 15 is 0 Å². The average Bonchev–Trinajstić information content (AvgIpc) is 3.22. The van der Waals surface area contributed by atoms with Gasteiger partial charge in [0.2, 0.25) is 5.88 Å². The van der Waals surface area contributed by atoms with Crippen molar-refractivity contribution in [2.45, 2.75) is 6.42 Å². The van der Waals surface area contributed by atoms with Crippen LogP contribution < -0.4 is 10.1 Å². The predicted octanol–water partition coefficient (Wildman–Crippen LogP) is 3.14. The van der Waals surface area contributed by atoms with Crippen LogP contribution in [0.4, 0.5) is 10.1 Å². The van der Waals surface area contributed by atoms with E-state index in [0.29, 0.717) is 36.1 Å². The van der Waals surface area contributed by atoms with Gasteiger partial charge in [0.1, 0.15) is 11.6 Å². The largest absolute Gasteiger partial charge is 0.505 e. The molecule has 2 N–H and O–H groups in total. The Kier molecular flexibility index (Phi) is 5.03. The third kappa shape index (κ3) is 3.72. The summed E-state index contributed by atoms with van der Waals surface area (Å²) in [5, 5.41) is 13.1. The number of halogens is 1. The number of hydrogen-bond donors (Lipinski definition) is 2. The molecule has 1 fully saturated rings. The van der Waals surface area contributed by atoms with Crippen LogP contribution in [0.5, 0.6) is 11.6 Å². The fraction of sp³-hybridized carbons (Fsp3) is 0.250. The lowest BCUT2D eigenvalue weighted by Gasteiger charge is -2.13. The number of hydrogen-bond acceptors (Lipinski definition) is 6. The highest BCUT2D eigenvalue weighted by molar-refractivity contribution is 6.05. The first-order valence-electron chi connectivity index (χ1n) is 8.86. The van der Waals surface area contributed by atoms with Crippen LogP contribution in [-0.2, 0) is 4.74 Å². The van der Waals surface area contributed by atoms with E-state index < -0.39 is 11.7 Å². The maximum absolute atomic E-state index is 14.3. The Morgan fingerprint density at radius 3 is 3.00 bits per heavy atom. The van der Waals surface area contributed by atoms with E-state index in [0.717, 1.165) is 19.2 Å². The summed E-state index contributed by atoms with van der Waals surface area (Å²) in [6, 6.07) is 7.64.